The molecule has 0 bridgehead atoms. The van der Waals surface area contributed by atoms with E-state index >= 15 is 0 Å². The van der Waals surface area contributed by atoms with Crippen LogP contribution in [0.1, 0.15) is 27.2 Å². The largest absolute Gasteiger partial charge is 0.396 e. The smallest absolute Gasteiger partial charge is 0.231 e. The topological polar surface area (TPSA) is 74.2 Å². The number of aliphatic hydroxyl groups is 1. The molecule has 0 aliphatic heterocycles. The van der Waals surface area contributed by atoms with Crippen LogP contribution < -0.4 is 10.2 Å². The van der Waals surface area contributed by atoms with Crippen LogP contribution in [-0.2, 0) is 0 Å². The van der Waals surface area contributed by atoms with Gasteiger partial charge in [0.05, 0.1) is 0 Å². The van der Waals surface area contributed by atoms with Crippen LogP contribution in [0.15, 0.2) is 5.16 Å². The van der Waals surface area contributed by atoms with Crippen molar-refractivity contribution in [2.75, 3.05) is 42.2 Å². The van der Waals surface area contributed by atoms with Gasteiger partial charge in [0.15, 0.2) is 5.16 Å². The molecule has 7 heteroatoms. The molecule has 108 valence electrons. The molecular formula is C12H23N5OS. The first-order chi connectivity index (χ1) is 9.24. The number of hydrogen-bond acceptors (Lipinski definition) is 7. The van der Waals surface area contributed by atoms with Gasteiger partial charge in [0.25, 0.3) is 0 Å². The number of nitrogens with one attached hydrogen (secondary N) is 1. The molecular weight excluding hydrogens is 262 g/mol. The Morgan fingerprint density at radius 2 is 1.89 bits per heavy atom. The molecule has 0 spiro atoms. The summed E-state index contributed by atoms with van der Waals surface area (Å²) >= 11 is 1.55. The number of anilines is 2. The second-order valence-corrected chi connectivity index (χ2v) is 4.93. The molecule has 6 nitrogen and oxygen atoms in total. The normalized spacial score (nSPS) is 10.5. The van der Waals surface area contributed by atoms with Crippen LogP contribution >= 0.6 is 11.8 Å². The number of aromatic nitrogens is 3. The first-order valence-electron chi connectivity index (χ1n) is 6.73. The van der Waals surface area contributed by atoms with E-state index in [0.29, 0.717) is 17.1 Å². The fourth-order valence-electron chi connectivity index (χ4n) is 1.52. The Balaban J connectivity index is 2.89. The molecule has 0 aliphatic carbocycles. The van der Waals surface area contributed by atoms with E-state index in [1.165, 1.54) is 0 Å². The SMILES string of the molecule is CCNc1nc(SCCCO)nc(N(CC)CC)n1. The molecule has 0 atom stereocenters. The summed E-state index contributed by atoms with van der Waals surface area (Å²) in [5.41, 5.74) is 0. The quantitative estimate of drug-likeness (QED) is 0.527. The van der Waals surface area contributed by atoms with E-state index in [4.69, 9.17) is 5.11 Å². The Labute approximate surface area is 119 Å². The average Bonchev–Trinajstić information content (AvgIpc) is 2.41. The van der Waals surface area contributed by atoms with Crippen LogP contribution in [0, 0.1) is 0 Å². The van der Waals surface area contributed by atoms with E-state index in [9.17, 15) is 0 Å². The van der Waals surface area contributed by atoms with E-state index in [1.54, 1.807) is 11.8 Å². The lowest BCUT2D eigenvalue weighted by molar-refractivity contribution is 0.296. The van der Waals surface area contributed by atoms with E-state index in [0.717, 1.165) is 31.8 Å². The number of aliphatic hydroxyl groups excluding tert-OH is 1. The monoisotopic (exact) mass is 285 g/mol. The Hall–Kier alpha value is -1.08. The van der Waals surface area contributed by atoms with Crippen molar-refractivity contribution in [1.82, 2.24) is 15.0 Å². The predicted molar refractivity (Wildman–Crippen MR) is 80.0 cm³/mol. The number of thioether (sulfide) groups is 1. The van der Waals surface area contributed by atoms with Crippen LogP contribution in [0.5, 0.6) is 0 Å². The predicted octanol–water partition coefficient (Wildman–Crippen LogP) is 1.62. The zero-order chi connectivity index (χ0) is 14.1. The van der Waals surface area contributed by atoms with Gasteiger partial charge in [-0.3, -0.25) is 0 Å². The molecule has 0 aromatic carbocycles. The maximum Gasteiger partial charge on any atom is 0.231 e. The second-order valence-electron chi connectivity index (χ2n) is 3.87. The summed E-state index contributed by atoms with van der Waals surface area (Å²) in [4.78, 5) is 15.4. The van der Waals surface area contributed by atoms with Gasteiger partial charge >= 0.3 is 0 Å². The molecule has 1 heterocycles. The molecule has 1 aromatic heterocycles. The molecule has 1 aromatic rings. The van der Waals surface area contributed by atoms with Crippen molar-refractivity contribution in [2.24, 2.45) is 0 Å². The molecule has 1 rings (SSSR count). The van der Waals surface area contributed by atoms with Gasteiger partial charge in [0.2, 0.25) is 11.9 Å². The molecule has 0 saturated heterocycles. The van der Waals surface area contributed by atoms with Crippen LogP contribution in [0.3, 0.4) is 0 Å². The summed E-state index contributed by atoms with van der Waals surface area (Å²) in [6, 6.07) is 0. The van der Waals surface area contributed by atoms with Crippen LogP contribution in [-0.4, -0.2) is 52.1 Å². The van der Waals surface area contributed by atoms with E-state index < -0.39 is 0 Å². The van der Waals surface area contributed by atoms with Crippen molar-refractivity contribution in [2.45, 2.75) is 32.3 Å². The third-order valence-corrected chi connectivity index (χ3v) is 3.45. The molecule has 0 aliphatic rings. The fraction of sp³-hybridized carbons (Fsp3) is 0.750. The van der Waals surface area contributed by atoms with Gasteiger partial charge < -0.3 is 15.3 Å². The highest BCUT2D eigenvalue weighted by atomic mass is 32.2. The van der Waals surface area contributed by atoms with Crippen LogP contribution in [0.2, 0.25) is 0 Å². The molecule has 0 fully saturated rings. The van der Waals surface area contributed by atoms with Crippen molar-refractivity contribution in [1.29, 1.82) is 0 Å². The number of hydrogen-bond donors (Lipinski definition) is 2. The highest BCUT2D eigenvalue weighted by molar-refractivity contribution is 7.99. The van der Waals surface area contributed by atoms with E-state index in [-0.39, 0.29) is 6.61 Å². The maximum absolute atomic E-state index is 8.81. The average molecular weight is 285 g/mol. The third-order valence-electron chi connectivity index (χ3n) is 2.52. The summed E-state index contributed by atoms with van der Waals surface area (Å²) in [6.45, 7) is 8.89. The van der Waals surface area contributed by atoms with Crippen molar-refractivity contribution in [3.63, 3.8) is 0 Å². The van der Waals surface area contributed by atoms with Gasteiger partial charge in [-0.15, -0.1) is 0 Å². The van der Waals surface area contributed by atoms with Gasteiger partial charge in [0, 0.05) is 32.0 Å². The summed E-state index contributed by atoms with van der Waals surface area (Å²) in [5, 5.41) is 12.7. The number of nitrogens with zero attached hydrogens (tertiary/aromatic N) is 4. The summed E-state index contributed by atoms with van der Waals surface area (Å²) in [5.74, 6) is 2.14. The van der Waals surface area contributed by atoms with Gasteiger partial charge in [-0.05, 0) is 27.2 Å². The van der Waals surface area contributed by atoms with Gasteiger partial charge in [0.1, 0.15) is 0 Å². The molecule has 0 radical (unpaired) electrons. The van der Waals surface area contributed by atoms with Crippen molar-refractivity contribution in [3.05, 3.63) is 0 Å². The minimum atomic E-state index is 0.195. The third kappa shape index (κ3) is 5.20. The highest BCUT2D eigenvalue weighted by Gasteiger charge is 2.11. The zero-order valence-corrected chi connectivity index (χ0v) is 12.7. The number of rotatable bonds is 9. The Bertz CT molecular complexity index is 373. The molecule has 0 unspecified atom stereocenters. The van der Waals surface area contributed by atoms with Crippen molar-refractivity contribution in [3.8, 4) is 0 Å². The minimum absolute atomic E-state index is 0.195. The fourth-order valence-corrected chi connectivity index (χ4v) is 2.28. The Morgan fingerprint density at radius 1 is 1.16 bits per heavy atom. The minimum Gasteiger partial charge on any atom is -0.396 e. The van der Waals surface area contributed by atoms with E-state index in [2.05, 4.69) is 39.0 Å². The van der Waals surface area contributed by atoms with Crippen LogP contribution in [0.4, 0.5) is 11.9 Å². The zero-order valence-electron chi connectivity index (χ0n) is 11.9. The Morgan fingerprint density at radius 3 is 2.47 bits per heavy atom. The lowest BCUT2D eigenvalue weighted by atomic mass is 10.5. The second kappa shape index (κ2) is 8.92. The standard InChI is InChI=1S/C12H23N5OS/c1-4-13-10-14-11(17(5-2)6-3)16-12(15-10)19-9-7-8-18/h18H,4-9H2,1-3H3,(H,13,14,15,16). The highest BCUT2D eigenvalue weighted by Crippen LogP contribution is 2.19. The Kier molecular flexibility index (Phi) is 7.50. The molecule has 2 N–H and O–H groups in total. The lowest BCUT2D eigenvalue weighted by Gasteiger charge is -2.19. The first-order valence-corrected chi connectivity index (χ1v) is 7.72. The maximum atomic E-state index is 8.81. The molecule has 0 saturated carbocycles. The van der Waals surface area contributed by atoms with E-state index in [1.807, 2.05) is 6.92 Å². The van der Waals surface area contributed by atoms with Crippen molar-refractivity contribution >= 4 is 23.7 Å². The lowest BCUT2D eigenvalue weighted by Crippen LogP contribution is -2.25. The van der Waals surface area contributed by atoms with Gasteiger partial charge in [-0.25, -0.2) is 0 Å². The summed E-state index contributed by atoms with van der Waals surface area (Å²) < 4.78 is 0. The first kappa shape index (κ1) is 16.0. The van der Waals surface area contributed by atoms with Crippen molar-refractivity contribution < 1.29 is 5.11 Å². The van der Waals surface area contributed by atoms with Gasteiger partial charge in [-0.2, -0.15) is 15.0 Å². The molecule has 19 heavy (non-hydrogen) atoms. The van der Waals surface area contributed by atoms with Crippen LogP contribution in [0.25, 0.3) is 0 Å². The summed E-state index contributed by atoms with van der Waals surface area (Å²) in [7, 11) is 0. The van der Waals surface area contributed by atoms with Gasteiger partial charge in [-0.1, -0.05) is 11.8 Å². The molecule has 0 amide bonds. The summed E-state index contributed by atoms with van der Waals surface area (Å²) in [6.07, 6.45) is 0.744.